The van der Waals surface area contributed by atoms with Crippen LogP contribution >= 0.6 is 0 Å². The lowest BCUT2D eigenvalue weighted by molar-refractivity contribution is -0.136. The molecule has 0 unspecified atom stereocenters. The monoisotopic (exact) mass is 262 g/mol. The number of rotatable bonds is 4. The summed E-state index contributed by atoms with van der Waals surface area (Å²) in [7, 11) is 3.02. The van der Waals surface area contributed by atoms with Gasteiger partial charge >= 0.3 is 5.97 Å². The lowest BCUT2D eigenvalue weighted by Gasteiger charge is -2.13. The van der Waals surface area contributed by atoms with E-state index in [1.807, 2.05) is 31.2 Å². The highest BCUT2D eigenvalue weighted by atomic mass is 16.5. The minimum atomic E-state index is -0.298. The standard InChI is InChI=1S/C15H18O4/c1-4-13-12(15(16)18-3)9-14(19-13)10-5-7-11(17-2)8-6-10/h5-8,14H,4,9H2,1-3H3/t14-/m1/s1. The Morgan fingerprint density at radius 1 is 1.32 bits per heavy atom. The summed E-state index contributed by atoms with van der Waals surface area (Å²) in [5.41, 5.74) is 1.68. The number of carbonyl (C=O) groups excluding carboxylic acids is 1. The molecule has 0 N–H and O–H groups in total. The molecule has 0 aliphatic carbocycles. The van der Waals surface area contributed by atoms with E-state index >= 15 is 0 Å². The number of allylic oxidation sites excluding steroid dienone is 1. The van der Waals surface area contributed by atoms with Crippen molar-refractivity contribution in [2.24, 2.45) is 0 Å². The van der Waals surface area contributed by atoms with Crippen LogP contribution < -0.4 is 4.74 Å². The van der Waals surface area contributed by atoms with Crippen LogP contribution in [0.3, 0.4) is 0 Å². The van der Waals surface area contributed by atoms with Crippen molar-refractivity contribution in [3.05, 3.63) is 41.2 Å². The summed E-state index contributed by atoms with van der Waals surface area (Å²) in [6.45, 7) is 1.97. The van der Waals surface area contributed by atoms with Crippen LogP contribution in [0.15, 0.2) is 35.6 Å². The van der Waals surface area contributed by atoms with Crippen LogP contribution in [0.4, 0.5) is 0 Å². The number of benzene rings is 1. The van der Waals surface area contributed by atoms with Gasteiger partial charge in [0, 0.05) is 12.8 Å². The molecule has 0 saturated heterocycles. The Kier molecular flexibility index (Phi) is 4.10. The molecule has 1 aliphatic heterocycles. The Morgan fingerprint density at radius 3 is 2.53 bits per heavy atom. The van der Waals surface area contributed by atoms with E-state index in [-0.39, 0.29) is 12.1 Å². The van der Waals surface area contributed by atoms with Crippen LogP contribution in [0.1, 0.15) is 31.4 Å². The van der Waals surface area contributed by atoms with Crippen molar-refractivity contribution in [2.45, 2.75) is 25.9 Å². The van der Waals surface area contributed by atoms with Crippen molar-refractivity contribution in [1.29, 1.82) is 0 Å². The highest BCUT2D eigenvalue weighted by Crippen LogP contribution is 2.38. The zero-order valence-corrected chi connectivity index (χ0v) is 11.4. The molecule has 1 atom stereocenters. The fourth-order valence-electron chi connectivity index (χ4n) is 2.21. The van der Waals surface area contributed by atoms with Crippen LogP contribution in [0.25, 0.3) is 0 Å². The van der Waals surface area contributed by atoms with Crippen molar-refractivity contribution >= 4 is 5.97 Å². The first-order valence-electron chi connectivity index (χ1n) is 6.30. The molecule has 0 amide bonds. The highest BCUT2D eigenvalue weighted by molar-refractivity contribution is 5.89. The first-order chi connectivity index (χ1) is 9.19. The van der Waals surface area contributed by atoms with Crippen molar-refractivity contribution in [3.63, 3.8) is 0 Å². The molecule has 0 radical (unpaired) electrons. The molecule has 102 valence electrons. The SMILES string of the molecule is CCC1=C(C(=O)OC)C[C@H](c2ccc(OC)cc2)O1. The Labute approximate surface area is 113 Å². The van der Waals surface area contributed by atoms with Gasteiger partial charge in [0.2, 0.25) is 0 Å². The van der Waals surface area contributed by atoms with Crippen LogP contribution in [-0.2, 0) is 14.3 Å². The first-order valence-corrected chi connectivity index (χ1v) is 6.30. The molecule has 0 fully saturated rings. The fourth-order valence-corrected chi connectivity index (χ4v) is 2.21. The van der Waals surface area contributed by atoms with E-state index in [4.69, 9.17) is 14.2 Å². The van der Waals surface area contributed by atoms with E-state index in [1.165, 1.54) is 7.11 Å². The predicted molar refractivity (Wildman–Crippen MR) is 70.8 cm³/mol. The summed E-state index contributed by atoms with van der Waals surface area (Å²) in [6.07, 6.45) is 1.13. The molecule has 1 aromatic rings. The van der Waals surface area contributed by atoms with Crippen LogP contribution in [-0.4, -0.2) is 20.2 Å². The average molecular weight is 262 g/mol. The maximum Gasteiger partial charge on any atom is 0.337 e. The summed E-state index contributed by atoms with van der Waals surface area (Å²) >= 11 is 0. The molecule has 19 heavy (non-hydrogen) atoms. The maximum atomic E-state index is 11.7. The summed E-state index contributed by atoms with van der Waals surface area (Å²) in [4.78, 5) is 11.7. The Morgan fingerprint density at radius 2 is 2.00 bits per heavy atom. The van der Waals surface area contributed by atoms with E-state index in [2.05, 4.69) is 0 Å². The van der Waals surface area contributed by atoms with Gasteiger partial charge in [-0.25, -0.2) is 4.79 Å². The van der Waals surface area contributed by atoms with Gasteiger partial charge in [0.25, 0.3) is 0 Å². The molecule has 4 heteroatoms. The Balaban J connectivity index is 2.15. The molecule has 0 saturated carbocycles. The Hall–Kier alpha value is -1.97. The van der Waals surface area contributed by atoms with Crippen LogP contribution in [0, 0.1) is 0 Å². The summed E-state index contributed by atoms with van der Waals surface area (Å²) < 4.78 is 15.8. The molecular formula is C15H18O4. The maximum absolute atomic E-state index is 11.7. The smallest absolute Gasteiger partial charge is 0.337 e. The lowest BCUT2D eigenvalue weighted by Crippen LogP contribution is -2.05. The summed E-state index contributed by atoms with van der Waals surface area (Å²) in [5, 5.41) is 0. The number of hydrogen-bond donors (Lipinski definition) is 0. The molecule has 1 aliphatic rings. The number of esters is 1. The second-order valence-electron chi connectivity index (χ2n) is 4.33. The lowest BCUT2D eigenvalue weighted by atomic mass is 10.0. The molecule has 4 nitrogen and oxygen atoms in total. The number of carbonyl (C=O) groups is 1. The van der Waals surface area contributed by atoms with Crippen LogP contribution in [0.5, 0.6) is 5.75 Å². The minimum Gasteiger partial charge on any atom is -0.497 e. The third kappa shape index (κ3) is 2.72. The predicted octanol–water partition coefficient (Wildman–Crippen LogP) is 2.99. The number of methoxy groups -OCH3 is 2. The van der Waals surface area contributed by atoms with Gasteiger partial charge < -0.3 is 14.2 Å². The molecule has 2 rings (SSSR count). The first kappa shape index (κ1) is 13.5. The molecule has 0 bridgehead atoms. The van der Waals surface area contributed by atoms with E-state index in [9.17, 15) is 4.79 Å². The molecule has 0 spiro atoms. The van der Waals surface area contributed by atoms with E-state index in [1.54, 1.807) is 7.11 Å². The average Bonchev–Trinajstić information content (AvgIpc) is 2.90. The zero-order valence-electron chi connectivity index (χ0n) is 11.4. The summed E-state index contributed by atoms with van der Waals surface area (Å²) in [5.74, 6) is 1.24. The van der Waals surface area contributed by atoms with Gasteiger partial charge in [-0.3, -0.25) is 0 Å². The largest absolute Gasteiger partial charge is 0.497 e. The van der Waals surface area contributed by atoms with Gasteiger partial charge in [0.15, 0.2) is 0 Å². The quantitative estimate of drug-likeness (QED) is 0.782. The second kappa shape index (κ2) is 5.78. The van der Waals surface area contributed by atoms with Gasteiger partial charge in [-0.1, -0.05) is 19.1 Å². The topological polar surface area (TPSA) is 44.8 Å². The molecular weight excluding hydrogens is 244 g/mol. The number of hydrogen-bond acceptors (Lipinski definition) is 4. The fraction of sp³-hybridized carbons (Fsp3) is 0.400. The van der Waals surface area contributed by atoms with Gasteiger partial charge in [-0.15, -0.1) is 0 Å². The number of ether oxygens (including phenoxy) is 3. The minimum absolute atomic E-state index is 0.116. The summed E-state index contributed by atoms with van der Waals surface area (Å²) in [6, 6.07) is 7.69. The normalized spacial score (nSPS) is 18.2. The molecule has 1 heterocycles. The Bertz CT molecular complexity index is 487. The van der Waals surface area contributed by atoms with Crippen molar-refractivity contribution < 1.29 is 19.0 Å². The van der Waals surface area contributed by atoms with Crippen molar-refractivity contribution in [1.82, 2.24) is 0 Å². The van der Waals surface area contributed by atoms with Crippen molar-refractivity contribution in [2.75, 3.05) is 14.2 Å². The van der Waals surface area contributed by atoms with Crippen molar-refractivity contribution in [3.8, 4) is 5.75 Å². The van der Waals surface area contributed by atoms with Gasteiger partial charge in [0.1, 0.15) is 17.6 Å². The third-order valence-corrected chi connectivity index (χ3v) is 3.25. The third-order valence-electron chi connectivity index (χ3n) is 3.25. The molecule has 1 aromatic carbocycles. The zero-order chi connectivity index (χ0) is 13.8. The van der Waals surface area contributed by atoms with E-state index < -0.39 is 0 Å². The van der Waals surface area contributed by atoms with E-state index in [0.29, 0.717) is 18.4 Å². The molecule has 0 aromatic heterocycles. The van der Waals surface area contributed by atoms with E-state index in [0.717, 1.165) is 17.1 Å². The van der Waals surface area contributed by atoms with Crippen LogP contribution in [0.2, 0.25) is 0 Å². The highest BCUT2D eigenvalue weighted by Gasteiger charge is 2.30. The van der Waals surface area contributed by atoms with Gasteiger partial charge in [-0.05, 0) is 17.7 Å². The van der Waals surface area contributed by atoms with Gasteiger partial charge in [-0.2, -0.15) is 0 Å². The second-order valence-corrected chi connectivity index (χ2v) is 4.33. The van der Waals surface area contributed by atoms with Gasteiger partial charge in [0.05, 0.1) is 19.8 Å².